The van der Waals surface area contributed by atoms with Gasteiger partial charge in [0.15, 0.2) is 0 Å². The molecule has 1 amide bonds. The van der Waals surface area contributed by atoms with Crippen LogP contribution in [-0.4, -0.2) is 17.9 Å². The Morgan fingerprint density at radius 1 is 0.828 bits per heavy atom. The molecule has 1 aliphatic rings. The van der Waals surface area contributed by atoms with Crippen molar-refractivity contribution in [3.8, 4) is 6.07 Å². The number of para-hydroxylation sites is 1. The third-order valence-electron chi connectivity index (χ3n) is 4.60. The maximum Gasteiger partial charge on any atom is 0.343 e. The van der Waals surface area contributed by atoms with Crippen molar-refractivity contribution < 1.29 is 14.3 Å². The minimum Gasteiger partial charge on any atom is -0.422 e. The molecule has 0 saturated heterocycles. The van der Waals surface area contributed by atoms with Crippen molar-refractivity contribution in [1.82, 2.24) is 0 Å². The third-order valence-corrected chi connectivity index (χ3v) is 4.60. The van der Waals surface area contributed by atoms with Crippen LogP contribution >= 0.6 is 0 Å². The van der Waals surface area contributed by atoms with E-state index >= 15 is 0 Å². The van der Waals surface area contributed by atoms with Crippen LogP contribution in [0.3, 0.4) is 0 Å². The van der Waals surface area contributed by atoms with Crippen LogP contribution in [-0.2, 0) is 4.74 Å². The van der Waals surface area contributed by atoms with Gasteiger partial charge in [0.1, 0.15) is 11.8 Å². The first-order valence-electron chi connectivity index (χ1n) is 9.05. The highest BCUT2D eigenvalue weighted by molar-refractivity contribution is 6.09. The van der Waals surface area contributed by atoms with Gasteiger partial charge in [0.05, 0.1) is 17.3 Å². The monoisotopic (exact) mass is 380 g/mol. The molecule has 1 atom stereocenters. The SMILES string of the molecule is N#C[C@H]1C=C(OC(=O)c2ccccc2)c2ccccc2N1C(=O)c1ccccc1. The van der Waals surface area contributed by atoms with Gasteiger partial charge in [0.2, 0.25) is 0 Å². The number of carbonyl (C=O) groups is 2. The van der Waals surface area contributed by atoms with E-state index in [2.05, 4.69) is 6.07 Å². The second kappa shape index (κ2) is 7.83. The molecule has 0 N–H and O–H groups in total. The second-order valence-corrected chi connectivity index (χ2v) is 6.42. The molecular formula is C24H16N2O3. The molecule has 4 rings (SSSR count). The number of nitrogens with zero attached hydrogens (tertiary/aromatic N) is 2. The summed E-state index contributed by atoms with van der Waals surface area (Å²) in [6.07, 6.45) is 1.50. The van der Waals surface area contributed by atoms with Crippen LogP contribution in [0, 0.1) is 11.3 Å². The number of hydrogen-bond donors (Lipinski definition) is 0. The van der Waals surface area contributed by atoms with E-state index in [-0.39, 0.29) is 11.7 Å². The summed E-state index contributed by atoms with van der Waals surface area (Å²) in [5.74, 6) is -0.557. The molecule has 140 valence electrons. The molecule has 0 fully saturated rings. The Kier molecular flexibility index (Phi) is 4.91. The fourth-order valence-electron chi connectivity index (χ4n) is 3.22. The first-order chi connectivity index (χ1) is 14.2. The first kappa shape index (κ1) is 18.2. The number of anilines is 1. The van der Waals surface area contributed by atoms with Gasteiger partial charge in [-0.2, -0.15) is 5.26 Å². The molecule has 0 radical (unpaired) electrons. The molecule has 0 spiro atoms. The normalized spacial score (nSPS) is 14.9. The zero-order chi connectivity index (χ0) is 20.2. The summed E-state index contributed by atoms with van der Waals surface area (Å²) in [6, 6.07) is 25.7. The zero-order valence-electron chi connectivity index (χ0n) is 15.4. The topological polar surface area (TPSA) is 70.4 Å². The highest BCUT2D eigenvalue weighted by Gasteiger charge is 2.33. The summed E-state index contributed by atoms with van der Waals surface area (Å²) in [7, 11) is 0. The average molecular weight is 380 g/mol. The highest BCUT2D eigenvalue weighted by Crippen LogP contribution is 2.36. The number of benzene rings is 3. The predicted molar refractivity (Wildman–Crippen MR) is 109 cm³/mol. The number of hydrogen-bond acceptors (Lipinski definition) is 4. The molecule has 5 nitrogen and oxygen atoms in total. The molecular weight excluding hydrogens is 364 g/mol. The Bertz CT molecular complexity index is 1130. The molecule has 0 aliphatic carbocycles. The zero-order valence-corrected chi connectivity index (χ0v) is 15.4. The molecule has 3 aromatic rings. The molecule has 0 bridgehead atoms. The average Bonchev–Trinajstić information content (AvgIpc) is 2.79. The summed E-state index contributed by atoms with van der Waals surface area (Å²) < 4.78 is 5.60. The minimum absolute atomic E-state index is 0.262. The smallest absolute Gasteiger partial charge is 0.343 e. The van der Waals surface area contributed by atoms with E-state index in [9.17, 15) is 14.9 Å². The van der Waals surface area contributed by atoms with E-state index in [1.807, 2.05) is 12.1 Å². The second-order valence-electron chi connectivity index (χ2n) is 6.42. The standard InChI is InChI=1S/C24H16N2O3/c25-16-19-15-22(29-24(28)18-11-5-2-6-12-18)20-13-7-8-14-21(20)26(19)23(27)17-9-3-1-4-10-17/h1-15,19H/t19-/m1/s1. The number of nitriles is 1. The van der Waals surface area contributed by atoms with E-state index in [1.165, 1.54) is 11.0 Å². The van der Waals surface area contributed by atoms with Crippen LogP contribution in [0.5, 0.6) is 0 Å². The summed E-state index contributed by atoms with van der Waals surface area (Å²) in [5, 5.41) is 9.72. The van der Waals surface area contributed by atoms with Crippen LogP contribution in [0.15, 0.2) is 91.0 Å². The van der Waals surface area contributed by atoms with Crippen LogP contribution in [0.2, 0.25) is 0 Å². The number of ether oxygens (including phenoxy) is 1. The molecule has 5 heteroatoms. The summed E-state index contributed by atoms with van der Waals surface area (Å²) in [5.41, 5.74) is 1.97. The fraction of sp³-hybridized carbons (Fsp3) is 0.0417. The van der Waals surface area contributed by atoms with E-state index in [0.29, 0.717) is 22.4 Å². The van der Waals surface area contributed by atoms with Crippen LogP contribution in [0.1, 0.15) is 26.3 Å². The summed E-state index contributed by atoms with van der Waals surface area (Å²) in [6.45, 7) is 0. The van der Waals surface area contributed by atoms with Crippen LogP contribution in [0.25, 0.3) is 5.76 Å². The van der Waals surface area contributed by atoms with Crippen LogP contribution in [0.4, 0.5) is 5.69 Å². The van der Waals surface area contributed by atoms with Gasteiger partial charge < -0.3 is 4.74 Å². The molecule has 3 aromatic carbocycles. The number of carbonyl (C=O) groups excluding carboxylic acids is 2. The lowest BCUT2D eigenvalue weighted by Gasteiger charge is -2.32. The van der Waals surface area contributed by atoms with Gasteiger partial charge in [-0.15, -0.1) is 0 Å². The number of esters is 1. The molecule has 1 aliphatic heterocycles. The van der Waals surface area contributed by atoms with Crippen LogP contribution < -0.4 is 4.90 Å². The Hall–Kier alpha value is -4.17. The predicted octanol–water partition coefficient (Wildman–Crippen LogP) is 4.44. The van der Waals surface area contributed by atoms with E-state index in [4.69, 9.17) is 4.74 Å². The van der Waals surface area contributed by atoms with E-state index in [0.717, 1.165) is 0 Å². The Morgan fingerprint density at radius 3 is 2.07 bits per heavy atom. The quantitative estimate of drug-likeness (QED) is 0.630. The molecule has 0 unspecified atom stereocenters. The number of amides is 1. The van der Waals surface area contributed by atoms with Gasteiger partial charge in [0.25, 0.3) is 5.91 Å². The number of fused-ring (bicyclic) bond motifs is 1. The van der Waals surface area contributed by atoms with Gasteiger partial charge in [-0.05, 0) is 42.5 Å². The van der Waals surface area contributed by atoms with Crippen molar-refractivity contribution in [3.05, 3.63) is 108 Å². The lowest BCUT2D eigenvalue weighted by Crippen LogP contribution is -2.41. The third kappa shape index (κ3) is 3.52. The molecule has 0 saturated carbocycles. The van der Waals surface area contributed by atoms with Gasteiger partial charge in [-0.1, -0.05) is 48.5 Å². The van der Waals surface area contributed by atoms with Crippen molar-refractivity contribution >= 4 is 23.3 Å². The Labute approximate surface area is 168 Å². The van der Waals surface area contributed by atoms with E-state index in [1.54, 1.807) is 72.8 Å². The van der Waals surface area contributed by atoms with Gasteiger partial charge in [-0.3, -0.25) is 9.69 Å². The molecule has 1 heterocycles. The maximum atomic E-state index is 13.1. The van der Waals surface area contributed by atoms with Crippen molar-refractivity contribution in [2.24, 2.45) is 0 Å². The van der Waals surface area contributed by atoms with Crippen molar-refractivity contribution in [2.45, 2.75) is 6.04 Å². The largest absolute Gasteiger partial charge is 0.422 e. The molecule has 29 heavy (non-hydrogen) atoms. The summed E-state index contributed by atoms with van der Waals surface area (Å²) >= 11 is 0. The maximum absolute atomic E-state index is 13.1. The first-order valence-corrected chi connectivity index (χ1v) is 9.05. The molecule has 0 aromatic heterocycles. The van der Waals surface area contributed by atoms with Gasteiger partial charge in [-0.25, -0.2) is 4.79 Å². The van der Waals surface area contributed by atoms with Crippen molar-refractivity contribution in [3.63, 3.8) is 0 Å². The van der Waals surface area contributed by atoms with Crippen molar-refractivity contribution in [1.29, 1.82) is 5.26 Å². The lowest BCUT2D eigenvalue weighted by molar-refractivity contribution is 0.0691. The highest BCUT2D eigenvalue weighted by atomic mass is 16.5. The fourth-order valence-corrected chi connectivity index (χ4v) is 3.22. The number of rotatable bonds is 3. The van der Waals surface area contributed by atoms with Crippen molar-refractivity contribution in [2.75, 3.05) is 4.90 Å². The minimum atomic E-state index is -0.906. The van der Waals surface area contributed by atoms with E-state index < -0.39 is 12.0 Å². The van der Waals surface area contributed by atoms with Gasteiger partial charge in [0, 0.05) is 11.1 Å². The van der Waals surface area contributed by atoms with Gasteiger partial charge >= 0.3 is 5.97 Å². The Balaban J connectivity index is 1.73. The Morgan fingerprint density at radius 2 is 1.41 bits per heavy atom. The summed E-state index contributed by atoms with van der Waals surface area (Å²) in [4.78, 5) is 27.1. The lowest BCUT2D eigenvalue weighted by atomic mass is 10.00.